The maximum atomic E-state index is 8.71. The highest BCUT2D eigenvalue weighted by molar-refractivity contribution is 4.79. The van der Waals surface area contributed by atoms with Crippen molar-refractivity contribution in [1.82, 2.24) is 0 Å². The van der Waals surface area contributed by atoms with Crippen LogP contribution in [0.5, 0.6) is 0 Å². The third kappa shape index (κ3) is 7.29. The second-order valence-corrected chi connectivity index (χ2v) is 3.71. The van der Waals surface area contributed by atoms with E-state index < -0.39 is 5.41 Å². The molecule has 6 nitrogen and oxygen atoms in total. The van der Waals surface area contributed by atoms with Crippen LogP contribution < -0.4 is 0 Å². The van der Waals surface area contributed by atoms with Gasteiger partial charge in [-0.3, -0.25) is 0 Å². The van der Waals surface area contributed by atoms with Crippen molar-refractivity contribution >= 4 is 0 Å². The molecule has 0 fully saturated rings. The molecule has 0 aromatic rings. The first-order chi connectivity index (χ1) is 8.74. The summed E-state index contributed by atoms with van der Waals surface area (Å²) in [6, 6.07) is 0. The molecule has 1 atom stereocenters. The minimum Gasteiger partial charge on any atom is -0.501 e. The van der Waals surface area contributed by atoms with Crippen molar-refractivity contribution in [3.8, 4) is 0 Å². The highest BCUT2D eigenvalue weighted by atomic mass is 17.2. The number of hydrogen-bond donors (Lipinski definition) is 1. The number of aliphatic hydroxyl groups is 1. The summed E-state index contributed by atoms with van der Waals surface area (Å²) in [7, 11) is 1.57. The number of ether oxygens (including phenoxy) is 3. The van der Waals surface area contributed by atoms with Gasteiger partial charge < -0.3 is 24.2 Å². The van der Waals surface area contributed by atoms with E-state index in [-0.39, 0.29) is 19.8 Å². The molecule has 0 aromatic heterocycles. The molecule has 0 radical (unpaired) electrons. The summed E-state index contributed by atoms with van der Waals surface area (Å²) in [5.41, 5.74) is -0.541. The van der Waals surface area contributed by atoms with Gasteiger partial charge >= 0.3 is 0 Å². The van der Waals surface area contributed by atoms with Crippen LogP contribution >= 0.6 is 0 Å². The highest BCUT2D eigenvalue weighted by Gasteiger charge is 2.33. The SMILES string of the molecule is C=COCC(COC)(COCCO)COOC=C. The third-order valence-corrected chi connectivity index (χ3v) is 2.10. The van der Waals surface area contributed by atoms with Gasteiger partial charge in [0.2, 0.25) is 0 Å². The van der Waals surface area contributed by atoms with Crippen LogP contribution in [0, 0.1) is 5.41 Å². The molecule has 18 heavy (non-hydrogen) atoms. The van der Waals surface area contributed by atoms with Gasteiger partial charge in [0.1, 0.15) is 12.9 Å². The second kappa shape index (κ2) is 11.0. The lowest BCUT2D eigenvalue weighted by Gasteiger charge is -2.30. The molecule has 0 heterocycles. The average Bonchev–Trinajstić information content (AvgIpc) is 2.37. The molecule has 1 unspecified atom stereocenters. The summed E-state index contributed by atoms with van der Waals surface area (Å²) < 4.78 is 15.7. The number of methoxy groups -OCH3 is 1. The summed E-state index contributed by atoms with van der Waals surface area (Å²) >= 11 is 0. The number of hydrogen-bond acceptors (Lipinski definition) is 6. The Morgan fingerprint density at radius 3 is 2.44 bits per heavy atom. The molecule has 0 rings (SSSR count). The summed E-state index contributed by atoms with van der Waals surface area (Å²) in [4.78, 5) is 9.62. The maximum Gasteiger partial charge on any atom is 0.122 e. The maximum absolute atomic E-state index is 8.71. The Balaban J connectivity index is 4.43. The lowest BCUT2D eigenvalue weighted by molar-refractivity contribution is -0.278. The van der Waals surface area contributed by atoms with Crippen molar-refractivity contribution in [3.05, 3.63) is 25.7 Å². The Labute approximate surface area is 108 Å². The van der Waals surface area contributed by atoms with Crippen molar-refractivity contribution in [1.29, 1.82) is 0 Å². The van der Waals surface area contributed by atoms with Gasteiger partial charge in [-0.2, -0.15) is 4.89 Å². The molecule has 0 aliphatic heterocycles. The lowest BCUT2D eigenvalue weighted by Crippen LogP contribution is -2.41. The van der Waals surface area contributed by atoms with E-state index in [0.717, 1.165) is 0 Å². The van der Waals surface area contributed by atoms with Gasteiger partial charge in [-0.1, -0.05) is 13.2 Å². The minimum atomic E-state index is -0.541. The first-order valence-corrected chi connectivity index (χ1v) is 5.54. The Kier molecular flexibility index (Phi) is 10.4. The van der Waals surface area contributed by atoms with Gasteiger partial charge in [0, 0.05) is 7.11 Å². The third-order valence-electron chi connectivity index (χ3n) is 2.10. The summed E-state index contributed by atoms with van der Waals surface area (Å²) in [5.74, 6) is 0. The van der Waals surface area contributed by atoms with Crippen molar-refractivity contribution in [2.24, 2.45) is 5.41 Å². The fraction of sp³-hybridized carbons (Fsp3) is 0.667. The molecular formula is C12H22O6. The van der Waals surface area contributed by atoms with Gasteiger partial charge in [0.05, 0.1) is 44.7 Å². The second-order valence-electron chi connectivity index (χ2n) is 3.71. The van der Waals surface area contributed by atoms with Gasteiger partial charge in [-0.15, -0.1) is 0 Å². The van der Waals surface area contributed by atoms with Gasteiger partial charge in [-0.25, -0.2) is 0 Å². The van der Waals surface area contributed by atoms with Crippen LogP contribution in [0.4, 0.5) is 0 Å². The van der Waals surface area contributed by atoms with Crippen LogP contribution in [0.1, 0.15) is 0 Å². The van der Waals surface area contributed by atoms with E-state index in [1.165, 1.54) is 12.5 Å². The molecule has 0 aliphatic carbocycles. The predicted octanol–water partition coefficient (Wildman–Crippen LogP) is 0.880. The van der Waals surface area contributed by atoms with Crippen molar-refractivity contribution in [2.45, 2.75) is 0 Å². The zero-order valence-electron chi connectivity index (χ0n) is 10.8. The van der Waals surface area contributed by atoms with Gasteiger partial charge in [-0.05, 0) is 0 Å². The first-order valence-electron chi connectivity index (χ1n) is 5.54. The van der Waals surface area contributed by atoms with Gasteiger partial charge in [0.25, 0.3) is 0 Å². The molecular weight excluding hydrogens is 240 g/mol. The fourth-order valence-electron chi connectivity index (χ4n) is 1.35. The summed E-state index contributed by atoms with van der Waals surface area (Å²) in [6.45, 7) is 8.21. The molecule has 0 amide bonds. The van der Waals surface area contributed by atoms with E-state index in [0.29, 0.717) is 19.8 Å². The molecule has 6 heteroatoms. The van der Waals surface area contributed by atoms with E-state index in [1.807, 2.05) is 0 Å². The smallest absolute Gasteiger partial charge is 0.122 e. The van der Waals surface area contributed by atoms with E-state index in [2.05, 4.69) is 18.0 Å². The van der Waals surface area contributed by atoms with E-state index in [4.69, 9.17) is 24.2 Å². The molecule has 0 spiro atoms. The topological polar surface area (TPSA) is 66.4 Å². The van der Waals surface area contributed by atoms with Crippen LogP contribution in [0.25, 0.3) is 0 Å². The predicted molar refractivity (Wildman–Crippen MR) is 65.6 cm³/mol. The first kappa shape index (κ1) is 16.9. The minimum absolute atomic E-state index is 0.0462. The molecule has 0 aliphatic rings. The summed E-state index contributed by atoms with van der Waals surface area (Å²) in [6.07, 6.45) is 2.52. The summed E-state index contributed by atoms with van der Waals surface area (Å²) in [5, 5.41) is 8.71. The largest absolute Gasteiger partial charge is 0.501 e. The molecule has 106 valence electrons. The Morgan fingerprint density at radius 2 is 1.89 bits per heavy atom. The van der Waals surface area contributed by atoms with E-state index >= 15 is 0 Å². The van der Waals surface area contributed by atoms with Crippen LogP contribution in [0.3, 0.4) is 0 Å². The number of aliphatic hydroxyl groups excluding tert-OH is 1. The zero-order chi connectivity index (χ0) is 13.7. The van der Waals surface area contributed by atoms with Crippen LogP contribution in [0.15, 0.2) is 25.7 Å². The Hall–Kier alpha value is -1.08. The molecule has 0 aromatic carbocycles. The molecule has 0 saturated carbocycles. The van der Waals surface area contributed by atoms with E-state index in [1.54, 1.807) is 7.11 Å². The van der Waals surface area contributed by atoms with E-state index in [9.17, 15) is 0 Å². The lowest BCUT2D eigenvalue weighted by atomic mass is 9.92. The van der Waals surface area contributed by atoms with Crippen LogP contribution in [-0.2, 0) is 24.0 Å². The highest BCUT2D eigenvalue weighted by Crippen LogP contribution is 2.20. The molecule has 0 bridgehead atoms. The van der Waals surface area contributed by atoms with Crippen molar-refractivity contribution < 1.29 is 29.1 Å². The van der Waals surface area contributed by atoms with Crippen LogP contribution in [-0.4, -0.2) is 51.9 Å². The zero-order valence-corrected chi connectivity index (χ0v) is 10.8. The average molecular weight is 262 g/mol. The Bertz CT molecular complexity index is 221. The Morgan fingerprint density at radius 1 is 1.11 bits per heavy atom. The van der Waals surface area contributed by atoms with Crippen molar-refractivity contribution in [2.75, 3.05) is 46.8 Å². The van der Waals surface area contributed by atoms with Crippen molar-refractivity contribution in [3.63, 3.8) is 0 Å². The van der Waals surface area contributed by atoms with Crippen LogP contribution in [0.2, 0.25) is 0 Å². The normalized spacial score (nSPS) is 13.7. The molecule has 0 saturated heterocycles. The quantitative estimate of drug-likeness (QED) is 0.230. The number of rotatable bonds is 13. The molecule has 1 N–H and O–H groups in total. The fourth-order valence-corrected chi connectivity index (χ4v) is 1.35. The monoisotopic (exact) mass is 262 g/mol. The van der Waals surface area contributed by atoms with Gasteiger partial charge in [0.15, 0.2) is 0 Å². The standard InChI is InChI=1S/C12H22O6/c1-4-15-9-12(8-14-3,10-16-7-6-13)11-18-17-5-2/h4-5,13H,1-2,6-11H2,3H3.